The quantitative estimate of drug-likeness (QED) is 0.784. The van der Waals surface area contributed by atoms with Crippen LogP contribution in [0, 0.1) is 0 Å². The van der Waals surface area contributed by atoms with Crippen molar-refractivity contribution < 1.29 is 9.59 Å². The molecule has 2 heterocycles. The van der Waals surface area contributed by atoms with Gasteiger partial charge in [-0.3, -0.25) is 9.59 Å². The lowest BCUT2D eigenvalue weighted by molar-refractivity contribution is -0.149. The molecule has 5 heteroatoms. The molecule has 2 amide bonds. The van der Waals surface area contributed by atoms with Gasteiger partial charge in [0.25, 0.3) is 0 Å². The third-order valence-corrected chi connectivity index (χ3v) is 4.62. The smallest absolute Gasteiger partial charge is 0.243 e. The van der Waals surface area contributed by atoms with Gasteiger partial charge in [-0.25, -0.2) is 0 Å². The van der Waals surface area contributed by atoms with Crippen LogP contribution in [-0.2, 0) is 9.59 Å². The normalized spacial score (nSPS) is 32.6. The molecule has 0 radical (unpaired) electrons. The van der Waals surface area contributed by atoms with Crippen molar-refractivity contribution in [2.24, 2.45) is 0 Å². The van der Waals surface area contributed by atoms with E-state index < -0.39 is 5.54 Å². The molecule has 0 aromatic rings. The van der Waals surface area contributed by atoms with Gasteiger partial charge in [0.15, 0.2) is 0 Å². The Balaban J connectivity index is 1.63. The molecular formula is C14H23N3O2. The average molecular weight is 265 g/mol. The van der Waals surface area contributed by atoms with Gasteiger partial charge in [0.2, 0.25) is 11.8 Å². The third kappa shape index (κ3) is 2.48. The molecule has 1 aliphatic carbocycles. The fourth-order valence-corrected chi connectivity index (χ4v) is 3.22. The molecule has 2 saturated heterocycles. The summed E-state index contributed by atoms with van der Waals surface area (Å²) < 4.78 is 0. The Morgan fingerprint density at radius 1 is 1.32 bits per heavy atom. The number of amides is 2. The number of hydrogen-bond donors (Lipinski definition) is 1. The average Bonchev–Trinajstić information content (AvgIpc) is 3.23. The van der Waals surface area contributed by atoms with E-state index in [0.717, 1.165) is 38.6 Å². The molecule has 0 spiro atoms. The summed E-state index contributed by atoms with van der Waals surface area (Å²) in [5, 5.41) is 3.34. The lowest BCUT2D eigenvalue weighted by Gasteiger charge is -2.41. The van der Waals surface area contributed by atoms with Gasteiger partial charge in [0, 0.05) is 19.1 Å². The summed E-state index contributed by atoms with van der Waals surface area (Å²) in [5.74, 6) is 0.234. The van der Waals surface area contributed by atoms with E-state index >= 15 is 0 Å². The number of nitrogens with one attached hydrogen (secondary N) is 1. The topological polar surface area (TPSA) is 52.7 Å². The highest BCUT2D eigenvalue weighted by atomic mass is 16.2. The number of nitrogens with zero attached hydrogens (tertiary/aromatic N) is 2. The van der Waals surface area contributed by atoms with Crippen LogP contribution < -0.4 is 5.32 Å². The van der Waals surface area contributed by atoms with Crippen molar-refractivity contribution in [3.05, 3.63) is 0 Å². The van der Waals surface area contributed by atoms with Gasteiger partial charge >= 0.3 is 0 Å². The van der Waals surface area contributed by atoms with Gasteiger partial charge < -0.3 is 15.1 Å². The first-order valence-corrected chi connectivity index (χ1v) is 7.44. The molecular weight excluding hydrogens is 242 g/mol. The summed E-state index contributed by atoms with van der Waals surface area (Å²) in [6.07, 6.45) is 5.38. The molecule has 19 heavy (non-hydrogen) atoms. The molecule has 0 aromatic carbocycles. The largest absolute Gasteiger partial charge is 0.336 e. The van der Waals surface area contributed by atoms with Crippen LogP contribution in [0.5, 0.6) is 0 Å². The Hall–Kier alpha value is -1.10. The van der Waals surface area contributed by atoms with Crippen molar-refractivity contribution in [1.29, 1.82) is 0 Å². The van der Waals surface area contributed by atoms with Crippen LogP contribution in [0.2, 0.25) is 0 Å². The first-order chi connectivity index (χ1) is 9.10. The standard InChI is InChI=1S/C14H23N3O2/c1-14(6-2-3-7-15-14)13(19)16-8-9-17(11-4-5-11)12(18)10-16/h11,15H,2-10H2,1H3. The number of piperidine rings is 1. The summed E-state index contributed by atoms with van der Waals surface area (Å²) in [5.41, 5.74) is -0.458. The van der Waals surface area contributed by atoms with Crippen molar-refractivity contribution in [3.8, 4) is 0 Å². The Kier molecular flexibility index (Phi) is 3.25. The summed E-state index contributed by atoms with van der Waals surface area (Å²) in [4.78, 5) is 28.4. The van der Waals surface area contributed by atoms with Crippen molar-refractivity contribution >= 4 is 11.8 Å². The lowest BCUT2D eigenvalue weighted by atomic mass is 9.89. The van der Waals surface area contributed by atoms with Crippen LogP contribution in [-0.4, -0.2) is 59.4 Å². The fourth-order valence-electron chi connectivity index (χ4n) is 3.22. The Morgan fingerprint density at radius 3 is 2.68 bits per heavy atom. The summed E-state index contributed by atoms with van der Waals surface area (Å²) in [6, 6.07) is 0.466. The molecule has 106 valence electrons. The van der Waals surface area contributed by atoms with Gasteiger partial charge in [0.05, 0.1) is 12.1 Å². The van der Waals surface area contributed by atoms with E-state index in [4.69, 9.17) is 0 Å². The maximum absolute atomic E-state index is 12.6. The molecule has 1 N–H and O–H groups in total. The van der Waals surface area contributed by atoms with Crippen LogP contribution in [0.3, 0.4) is 0 Å². The van der Waals surface area contributed by atoms with Crippen LogP contribution in [0.4, 0.5) is 0 Å². The van der Waals surface area contributed by atoms with Crippen molar-refractivity contribution in [1.82, 2.24) is 15.1 Å². The number of hydrogen-bond acceptors (Lipinski definition) is 3. The van der Waals surface area contributed by atoms with E-state index in [1.807, 2.05) is 11.8 Å². The number of carbonyl (C=O) groups is 2. The van der Waals surface area contributed by atoms with Crippen molar-refractivity contribution in [2.75, 3.05) is 26.2 Å². The van der Waals surface area contributed by atoms with E-state index in [0.29, 0.717) is 19.1 Å². The zero-order chi connectivity index (χ0) is 13.5. The number of rotatable bonds is 2. The minimum absolute atomic E-state index is 0.107. The number of piperazine rings is 1. The third-order valence-electron chi connectivity index (χ3n) is 4.62. The molecule has 5 nitrogen and oxygen atoms in total. The first-order valence-electron chi connectivity index (χ1n) is 7.44. The molecule has 3 rings (SSSR count). The fraction of sp³-hybridized carbons (Fsp3) is 0.857. The molecule has 0 bridgehead atoms. The Morgan fingerprint density at radius 2 is 2.11 bits per heavy atom. The molecule has 2 aliphatic heterocycles. The second-order valence-corrected chi connectivity index (χ2v) is 6.26. The second-order valence-electron chi connectivity index (χ2n) is 6.26. The van der Waals surface area contributed by atoms with Crippen molar-refractivity contribution in [3.63, 3.8) is 0 Å². The summed E-state index contributed by atoms with van der Waals surface area (Å²) in [6.45, 7) is 4.56. The minimum atomic E-state index is -0.458. The molecule has 1 atom stereocenters. The van der Waals surface area contributed by atoms with Gasteiger partial charge in [-0.15, -0.1) is 0 Å². The highest BCUT2D eigenvalue weighted by molar-refractivity contribution is 5.91. The Labute approximate surface area is 114 Å². The molecule has 1 saturated carbocycles. The van der Waals surface area contributed by atoms with Gasteiger partial charge in [-0.1, -0.05) is 0 Å². The predicted molar refractivity (Wildman–Crippen MR) is 71.6 cm³/mol. The van der Waals surface area contributed by atoms with Gasteiger partial charge in [-0.05, 0) is 45.6 Å². The van der Waals surface area contributed by atoms with Crippen LogP contribution in [0.1, 0.15) is 39.0 Å². The lowest BCUT2D eigenvalue weighted by Crippen LogP contribution is -2.62. The maximum atomic E-state index is 12.6. The highest BCUT2D eigenvalue weighted by Crippen LogP contribution is 2.29. The minimum Gasteiger partial charge on any atom is -0.336 e. The monoisotopic (exact) mass is 265 g/mol. The molecule has 3 fully saturated rings. The van der Waals surface area contributed by atoms with Crippen molar-refractivity contribution in [2.45, 2.75) is 50.6 Å². The first kappa shape index (κ1) is 12.9. The predicted octanol–water partition coefficient (Wildman–Crippen LogP) is 0.352. The SMILES string of the molecule is CC1(C(=O)N2CCN(C3CC3)C(=O)C2)CCCCN1. The molecule has 0 aromatic heterocycles. The number of carbonyl (C=O) groups excluding carboxylic acids is 2. The molecule has 1 unspecified atom stereocenters. The summed E-state index contributed by atoms with van der Waals surface area (Å²) in [7, 11) is 0. The highest BCUT2D eigenvalue weighted by Gasteiger charge is 2.42. The zero-order valence-electron chi connectivity index (χ0n) is 11.7. The van der Waals surface area contributed by atoms with E-state index in [1.54, 1.807) is 4.90 Å². The van der Waals surface area contributed by atoms with Gasteiger partial charge in [-0.2, -0.15) is 0 Å². The zero-order valence-corrected chi connectivity index (χ0v) is 11.7. The van der Waals surface area contributed by atoms with E-state index in [1.165, 1.54) is 0 Å². The second kappa shape index (κ2) is 4.78. The van der Waals surface area contributed by atoms with Crippen LogP contribution >= 0.6 is 0 Å². The molecule has 3 aliphatic rings. The summed E-state index contributed by atoms with van der Waals surface area (Å²) >= 11 is 0. The van der Waals surface area contributed by atoms with E-state index in [-0.39, 0.29) is 18.4 Å². The Bertz CT molecular complexity index is 386. The maximum Gasteiger partial charge on any atom is 0.243 e. The van der Waals surface area contributed by atoms with E-state index in [2.05, 4.69) is 5.32 Å². The van der Waals surface area contributed by atoms with Crippen LogP contribution in [0.25, 0.3) is 0 Å². The van der Waals surface area contributed by atoms with Crippen LogP contribution in [0.15, 0.2) is 0 Å². The van der Waals surface area contributed by atoms with Gasteiger partial charge in [0.1, 0.15) is 0 Å². The van der Waals surface area contributed by atoms with E-state index in [9.17, 15) is 9.59 Å².